The van der Waals surface area contributed by atoms with Crippen LogP contribution in [-0.2, 0) is 0 Å². The lowest BCUT2D eigenvalue weighted by Crippen LogP contribution is -1.97. The number of hydrogen-bond donors (Lipinski definition) is 0. The molecular weight excluding hydrogens is 210 g/mol. The summed E-state index contributed by atoms with van der Waals surface area (Å²) in [5, 5.41) is 0. The SMILES string of the molecule is CSCC=CC(F)(F)Br. The first-order chi connectivity index (χ1) is 4.06. The molecule has 0 aromatic heterocycles. The van der Waals surface area contributed by atoms with E-state index in [-0.39, 0.29) is 0 Å². The van der Waals surface area contributed by atoms with Crippen molar-refractivity contribution in [3.05, 3.63) is 12.2 Å². The molecule has 0 bridgehead atoms. The average molecular weight is 217 g/mol. The third-order valence-electron chi connectivity index (χ3n) is 0.570. The van der Waals surface area contributed by atoms with E-state index in [0.717, 1.165) is 6.08 Å². The number of allylic oxidation sites excluding steroid dienone is 1. The fourth-order valence-corrected chi connectivity index (χ4v) is 0.754. The van der Waals surface area contributed by atoms with Gasteiger partial charge in [0.1, 0.15) is 0 Å². The molecule has 0 aromatic carbocycles. The smallest absolute Gasteiger partial charge is 0.189 e. The second-order valence-corrected chi connectivity index (χ2v) is 3.37. The fraction of sp³-hybridized carbons (Fsp3) is 0.600. The summed E-state index contributed by atoms with van der Waals surface area (Å²) in [6.45, 7) is 0. The van der Waals surface area contributed by atoms with E-state index in [1.807, 2.05) is 6.26 Å². The number of hydrogen-bond acceptors (Lipinski definition) is 1. The van der Waals surface area contributed by atoms with Crippen molar-refractivity contribution in [2.45, 2.75) is 4.83 Å². The van der Waals surface area contributed by atoms with E-state index in [1.165, 1.54) is 17.8 Å². The summed E-state index contributed by atoms with van der Waals surface area (Å²) in [4.78, 5) is -2.83. The fourth-order valence-electron chi connectivity index (χ4n) is 0.278. The summed E-state index contributed by atoms with van der Waals surface area (Å²) < 4.78 is 23.7. The quantitative estimate of drug-likeness (QED) is 0.517. The maximum absolute atomic E-state index is 11.9. The van der Waals surface area contributed by atoms with Crippen LogP contribution < -0.4 is 0 Å². The van der Waals surface area contributed by atoms with Crippen molar-refractivity contribution in [1.82, 2.24) is 0 Å². The molecule has 0 saturated carbocycles. The monoisotopic (exact) mass is 216 g/mol. The Hall–Kier alpha value is 0.430. The minimum absolute atomic E-state index is 0.626. The van der Waals surface area contributed by atoms with Gasteiger partial charge >= 0.3 is 4.83 Å². The molecule has 4 heteroatoms. The minimum Gasteiger partial charge on any atom is -0.189 e. The molecule has 0 aromatic rings. The number of rotatable bonds is 3. The van der Waals surface area contributed by atoms with Crippen molar-refractivity contribution < 1.29 is 8.78 Å². The van der Waals surface area contributed by atoms with Gasteiger partial charge in [0.05, 0.1) is 0 Å². The molecule has 0 spiro atoms. The van der Waals surface area contributed by atoms with Crippen LogP contribution >= 0.6 is 27.7 Å². The molecule has 0 amide bonds. The lowest BCUT2D eigenvalue weighted by Gasteiger charge is -1.97. The van der Waals surface area contributed by atoms with Gasteiger partial charge in [0.2, 0.25) is 0 Å². The van der Waals surface area contributed by atoms with Gasteiger partial charge in [-0.05, 0) is 28.3 Å². The molecule has 0 aliphatic heterocycles. The maximum Gasteiger partial charge on any atom is 0.319 e. The van der Waals surface area contributed by atoms with Crippen LogP contribution in [-0.4, -0.2) is 16.8 Å². The largest absolute Gasteiger partial charge is 0.319 e. The van der Waals surface area contributed by atoms with Crippen LogP contribution in [0.4, 0.5) is 8.78 Å². The van der Waals surface area contributed by atoms with Crippen molar-refractivity contribution >= 4 is 27.7 Å². The van der Waals surface area contributed by atoms with E-state index in [1.54, 1.807) is 0 Å². The molecule has 0 nitrogen and oxygen atoms in total. The molecule has 0 N–H and O–H groups in total. The topological polar surface area (TPSA) is 0 Å². The van der Waals surface area contributed by atoms with Gasteiger partial charge in [0.15, 0.2) is 0 Å². The minimum atomic E-state index is -2.83. The zero-order chi connectivity index (χ0) is 7.33. The van der Waals surface area contributed by atoms with E-state index in [4.69, 9.17) is 0 Å². The molecule has 0 heterocycles. The van der Waals surface area contributed by atoms with Gasteiger partial charge in [0.25, 0.3) is 0 Å². The molecule has 9 heavy (non-hydrogen) atoms. The third kappa shape index (κ3) is 8.43. The van der Waals surface area contributed by atoms with Crippen LogP contribution in [0.25, 0.3) is 0 Å². The lowest BCUT2D eigenvalue weighted by atomic mass is 10.5. The Morgan fingerprint density at radius 1 is 1.67 bits per heavy atom. The van der Waals surface area contributed by atoms with E-state index >= 15 is 0 Å². The van der Waals surface area contributed by atoms with Crippen LogP contribution in [0.2, 0.25) is 0 Å². The van der Waals surface area contributed by atoms with Gasteiger partial charge in [-0.1, -0.05) is 6.08 Å². The third-order valence-corrected chi connectivity index (χ3v) is 1.36. The molecule has 0 unspecified atom stereocenters. The zero-order valence-corrected chi connectivity index (χ0v) is 7.31. The summed E-state index contributed by atoms with van der Waals surface area (Å²) >= 11 is 3.68. The second-order valence-electron chi connectivity index (χ2n) is 1.40. The van der Waals surface area contributed by atoms with Crippen molar-refractivity contribution in [3.8, 4) is 0 Å². The Labute approximate surface area is 65.8 Å². The standard InChI is InChI=1S/C5H7BrF2S/c1-9-4-2-3-5(6,7)8/h2-3H,4H2,1H3. The predicted octanol–water partition coefficient (Wildman–Crippen LogP) is 2.89. The zero-order valence-electron chi connectivity index (χ0n) is 4.90. The Morgan fingerprint density at radius 3 is 2.56 bits per heavy atom. The normalized spacial score (nSPS) is 12.9. The number of halogens is 3. The highest BCUT2D eigenvalue weighted by atomic mass is 79.9. The highest BCUT2D eigenvalue weighted by Crippen LogP contribution is 2.22. The first kappa shape index (κ1) is 9.43. The van der Waals surface area contributed by atoms with E-state index in [0.29, 0.717) is 5.75 Å². The number of alkyl halides is 3. The first-order valence-electron chi connectivity index (χ1n) is 2.29. The maximum atomic E-state index is 11.9. The molecule has 54 valence electrons. The Morgan fingerprint density at radius 2 is 2.22 bits per heavy atom. The lowest BCUT2D eigenvalue weighted by molar-refractivity contribution is 0.171. The van der Waals surface area contributed by atoms with E-state index in [9.17, 15) is 8.78 Å². The highest BCUT2D eigenvalue weighted by molar-refractivity contribution is 9.10. The van der Waals surface area contributed by atoms with Crippen LogP contribution in [0.5, 0.6) is 0 Å². The van der Waals surface area contributed by atoms with Crippen LogP contribution in [0, 0.1) is 0 Å². The first-order valence-corrected chi connectivity index (χ1v) is 4.48. The van der Waals surface area contributed by atoms with Crippen molar-refractivity contribution in [3.63, 3.8) is 0 Å². The average Bonchev–Trinajstić information content (AvgIpc) is 1.63. The Kier molecular flexibility index (Phi) is 4.48. The Balaban J connectivity index is 3.45. The predicted molar refractivity (Wildman–Crippen MR) is 41.4 cm³/mol. The van der Waals surface area contributed by atoms with Crippen molar-refractivity contribution in [1.29, 1.82) is 0 Å². The van der Waals surface area contributed by atoms with E-state index in [2.05, 4.69) is 15.9 Å². The van der Waals surface area contributed by atoms with Crippen molar-refractivity contribution in [2.75, 3.05) is 12.0 Å². The van der Waals surface area contributed by atoms with Crippen LogP contribution in [0.15, 0.2) is 12.2 Å². The molecule has 0 aliphatic carbocycles. The molecular formula is C5H7BrF2S. The summed E-state index contributed by atoms with van der Waals surface area (Å²) in [7, 11) is 0. The molecule has 0 rings (SSSR count). The van der Waals surface area contributed by atoms with E-state index < -0.39 is 4.83 Å². The molecule has 0 saturated heterocycles. The molecule has 0 aliphatic rings. The van der Waals surface area contributed by atoms with Gasteiger partial charge in [-0.25, -0.2) is 0 Å². The van der Waals surface area contributed by atoms with Crippen LogP contribution in [0.1, 0.15) is 0 Å². The molecule has 0 fully saturated rings. The van der Waals surface area contributed by atoms with Crippen molar-refractivity contribution in [2.24, 2.45) is 0 Å². The summed E-state index contributed by atoms with van der Waals surface area (Å²) in [6, 6.07) is 0. The molecule has 0 radical (unpaired) electrons. The van der Waals surface area contributed by atoms with Gasteiger partial charge in [0, 0.05) is 5.75 Å². The second kappa shape index (κ2) is 4.28. The van der Waals surface area contributed by atoms with Gasteiger partial charge in [-0.15, -0.1) is 0 Å². The summed E-state index contributed by atoms with van der Waals surface area (Å²) in [5.41, 5.74) is 0. The van der Waals surface area contributed by atoms with Gasteiger partial charge in [-0.3, -0.25) is 0 Å². The molecule has 0 atom stereocenters. The summed E-state index contributed by atoms with van der Waals surface area (Å²) in [6.07, 6.45) is 4.12. The summed E-state index contributed by atoms with van der Waals surface area (Å²) in [5.74, 6) is 0.626. The van der Waals surface area contributed by atoms with Gasteiger partial charge in [-0.2, -0.15) is 20.5 Å². The highest BCUT2D eigenvalue weighted by Gasteiger charge is 2.17. The Bertz CT molecular complexity index is 97.6. The van der Waals surface area contributed by atoms with Crippen LogP contribution in [0.3, 0.4) is 0 Å². The number of thioether (sulfide) groups is 1. The van der Waals surface area contributed by atoms with Gasteiger partial charge < -0.3 is 0 Å².